The van der Waals surface area contributed by atoms with Gasteiger partial charge in [0.1, 0.15) is 17.3 Å². The lowest BCUT2D eigenvalue weighted by atomic mass is 9.97. The van der Waals surface area contributed by atoms with E-state index in [1.807, 2.05) is 0 Å². The summed E-state index contributed by atoms with van der Waals surface area (Å²) in [4.78, 5) is 26.6. The number of hydrogen-bond acceptors (Lipinski definition) is 3. The van der Waals surface area contributed by atoms with Crippen molar-refractivity contribution in [1.29, 1.82) is 0 Å². The lowest BCUT2D eigenvalue weighted by Gasteiger charge is -2.39. The summed E-state index contributed by atoms with van der Waals surface area (Å²) in [5.74, 6) is -0.865. The fourth-order valence-electron chi connectivity index (χ4n) is 3.66. The second-order valence-corrected chi connectivity index (χ2v) is 7.13. The van der Waals surface area contributed by atoms with Gasteiger partial charge in [-0.2, -0.15) is 0 Å². The molecule has 2 aromatic rings. The highest BCUT2D eigenvalue weighted by atomic mass is 19.1. The van der Waals surface area contributed by atoms with Gasteiger partial charge in [-0.05, 0) is 35.9 Å². The van der Waals surface area contributed by atoms with Crippen molar-refractivity contribution in [2.45, 2.75) is 24.9 Å². The number of nitrogens with zero attached hydrogens (tertiary/aromatic N) is 2. The van der Waals surface area contributed by atoms with Crippen molar-refractivity contribution < 1.29 is 18.4 Å². The van der Waals surface area contributed by atoms with Crippen LogP contribution in [0, 0.1) is 11.6 Å². The van der Waals surface area contributed by atoms with Crippen LogP contribution in [0.15, 0.2) is 48.5 Å². The van der Waals surface area contributed by atoms with Crippen molar-refractivity contribution in [1.82, 2.24) is 15.6 Å². The molecule has 2 saturated heterocycles. The first-order valence-electron chi connectivity index (χ1n) is 9.12. The van der Waals surface area contributed by atoms with Gasteiger partial charge >= 0.3 is 6.03 Å². The van der Waals surface area contributed by atoms with E-state index in [4.69, 9.17) is 0 Å². The molecule has 4 rings (SSSR count). The Morgan fingerprint density at radius 3 is 2.39 bits per heavy atom. The zero-order valence-electron chi connectivity index (χ0n) is 15.1. The van der Waals surface area contributed by atoms with Crippen molar-refractivity contribution in [3.05, 3.63) is 65.7 Å². The van der Waals surface area contributed by atoms with Gasteiger partial charge in [0, 0.05) is 25.9 Å². The molecular weight excluding hydrogens is 366 g/mol. The van der Waals surface area contributed by atoms with Crippen LogP contribution in [0.1, 0.15) is 18.4 Å². The molecule has 8 heteroatoms. The Balaban J connectivity index is 1.38. The molecule has 3 amide bonds. The van der Waals surface area contributed by atoms with Gasteiger partial charge in [0.05, 0.1) is 12.1 Å². The number of amides is 3. The van der Waals surface area contributed by atoms with E-state index >= 15 is 0 Å². The molecule has 0 aromatic heterocycles. The Morgan fingerprint density at radius 2 is 1.71 bits per heavy atom. The number of benzene rings is 2. The van der Waals surface area contributed by atoms with Crippen LogP contribution in [-0.2, 0) is 11.2 Å². The molecule has 0 bridgehead atoms. The standard InChI is InChI=1S/C20H20F2N4O2/c21-15-4-1-3-14(11-15)12-18(27)25-9-7-20(8-10-25)23-19(28)26(24-20)17-6-2-5-16(22)13-17/h1-6,11,13,24H,7-10,12H2,(H,23,28). The molecule has 0 unspecified atom stereocenters. The number of piperidine rings is 1. The van der Waals surface area contributed by atoms with Crippen LogP contribution < -0.4 is 15.8 Å². The Kier molecular flexibility index (Phi) is 4.72. The van der Waals surface area contributed by atoms with E-state index in [1.54, 1.807) is 23.1 Å². The lowest BCUT2D eigenvalue weighted by Crippen LogP contribution is -2.58. The monoisotopic (exact) mass is 386 g/mol. The number of anilines is 1. The quantitative estimate of drug-likeness (QED) is 0.852. The second kappa shape index (κ2) is 7.20. The summed E-state index contributed by atoms with van der Waals surface area (Å²) in [7, 11) is 0. The fraction of sp³-hybridized carbons (Fsp3) is 0.300. The number of urea groups is 1. The summed E-state index contributed by atoms with van der Waals surface area (Å²) >= 11 is 0. The van der Waals surface area contributed by atoms with Gasteiger partial charge in [-0.25, -0.2) is 24.0 Å². The molecule has 2 fully saturated rings. The first kappa shape index (κ1) is 18.4. The SMILES string of the molecule is O=C(Cc1cccc(F)c1)N1CCC2(CC1)NC(=O)N(c1cccc(F)c1)N2. The van der Waals surface area contributed by atoms with E-state index in [9.17, 15) is 18.4 Å². The summed E-state index contributed by atoms with van der Waals surface area (Å²) in [5.41, 5.74) is 3.52. The van der Waals surface area contributed by atoms with Gasteiger partial charge in [0.2, 0.25) is 5.91 Å². The number of rotatable bonds is 3. The summed E-state index contributed by atoms with van der Waals surface area (Å²) in [6.07, 6.45) is 1.17. The van der Waals surface area contributed by atoms with Gasteiger partial charge in [-0.1, -0.05) is 18.2 Å². The van der Waals surface area contributed by atoms with Crippen molar-refractivity contribution in [3.63, 3.8) is 0 Å². The minimum atomic E-state index is -0.668. The van der Waals surface area contributed by atoms with Crippen molar-refractivity contribution in [2.75, 3.05) is 18.1 Å². The number of carbonyl (C=O) groups is 2. The Labute approximate surface area is 161 Å². The first-order valence-corrected chi connectivity index (χ1v) is 9.12. The van der Waals surface area contributed by atoms with Crippen LogP contribution in [0.3, 0.4) is 0 Å². The third-order valence-electron chi connectivity index (χ3n) is 5.16. The zero-order chi connectivity index (χ0) is 19.7. The summed E-state index contributed by atoms with van der Waals surface area (Å²) < 4.78 is 26.8. The molecule has 2 aromatic carbocycles. The number of nitrogens with one attached hydrogen (secondary N) is 2. The molecule has 28 heavy (non-hydrogen) atoms. The van der Waals surface area contributed by atoms with Crippen molar-refractivity contribution in [3.8, 4) is 0 Å². The van der Waals surface area contributed by atoms with Crippen LogP contribution in [0.4, 0.5) is 19.3 Å². The second-order valence-electron chi connectivity index (χ2n) is 7.13. The Bertz CT molecular complexity index is 913. The minimum absolute atomic E-state index is 0.0771. The van der Waals surface area contributed by atoms with Gasteiger partial charge in [0.15, 0.2) is 0 Å². The molecular formula is C20H20F2N4O2. The zero-order valence-corrected chi connectivity index (χ0v) is 15.1. The highest BCUT2D eigenvalue weighted by Gasteiger charge is 2.45. The highest BCUT2D eigenvalue weighted by molar-refractivity contribution is 5.93. The normalized spacial score (nSPS) is 18.4. The number of hydrazine groups is 1. The predicted molar refractivity (Wildman–Crippen MR) is 99.2 cm³/mol. The molecule has 0 atom stereocenters. The largest absolute Gasteiger partial charge is 0.342 e. The Hall–Kier alpha value is -3.00. The van der Waals surface area contributed by atoms with Gasteiger partial charge in [-0.15, -0.1) is 0 Å². The molecule has 2 aliphatic heterocycles. The third-order valence-corrected chi connectivity index (χ3v) is 5.16. The highest BCUT2D eigenvalue weighted by Crippen LogP contribution is 2.27. The van der Waals surface area contributed by atoms with E-state index in [0.29, 0.717) is 37.2 Å². The molecule has 0 radical (unpaired) electrons. The molecule has 2 aliphatic rings. The number of halogens is 2. The molecule has 0 aliphatic carbocycles. The molecule has 0 saturated carbocycles. The van der Waals surface area contributed by atoms with Crippen LogP contribution in [0.2, 0.25) is 0 Å². The summed E-state index contributed by atoms with van der Waals surface area (Å²) in [5, 5.41) is 4.22. The van der Waals surface area contributed by atoms with E-state index in [2.05, 4.69) is 10.7 Å². The van der Waals surface area contributed by atoms with Crippen LogP contribution in [0.5, 0.6) is 0 Å². The van der Waals surface area contributed by atoms with Crippen LogP contribution in [0.25, 0.3) is 0 Å². The maximum Gasteiger partial charge on any atom is 0.338 e. The topological polar surface area (TPSA) is 64.7 Å². The van der Waals surface area contributed by atoms with Crippen LogP contribution >= 0.6 is 0 Å². The minimum Gasteiger partial charge on any atom is -0.342 e. The smallest absolute Gasteiger partial charge is 0.338 e. The predicted octanol–water partition coefficient (Wildman–Crippen LogP) is 2.56. The maximum absolute atomic E-state index is 13.5. The molecule has 2 heterocycles. The molecule has 2 N–H and O–H groups in total. The summed E-state index contributed by atoms with van der Waals surface area (Å²) in [6.45, 7) is 0.914. The molecule has 1 spiro atoms. The number of carbonyl (C=O) groups excluding carboxylic acids is 2. The van der Waals surface area contributed by atoms with E-state index in [0.717, 1.165) is 0 Å². The van der Waals surface area contributed by atoms with Gasteiger partial charge in [-0.3, -0.25) is 4.79 Å². The van der Waals surface area contributed by atoms with Gasteiger partial charge < -0.3 is 10.2 Å². The van der Waals surface area contributed by atoms with Gasteiger partial charge in [0.25, 0.3) is 0 Å². The molecule has 146 valence electrons. The average Bonchev–Trinajstić information content (AvgIpc) is 2.98. The Morgan fingerprint density at radius 1 is 1.04 bits per heavy atom. The number of likely N-dealkylation sites (tertiary alicyclic amines) is 1. The van der Waals surface area contributed by atoms with Crippen molar-refractivity contribution >= 4 is 17.6 Å². The average molecular weight is 386 g/mol. The third kappa shape index (κ3) is 3.68. The van der Waals surface area contributed by atoms with E-state index < -0.39 is 11.5 Å². The fourth-order valence-corrected chi connectivity index (χ4v) is 3.66. The van der Waals surface area contributed by atoms with E-state index in [1.165, 1.54) is 35.3 Å². The lowest BCUT2D eigenvalue weighted by molar-refractivity contribution is -0.132. The summed E-state index contributed by atoms with van der Waals surface area (Å²) in [6, 6.07) is 11.4. The van der Waals surface area contributed by atoms with Crippen LogP contribution in [-0.4, -0.2) is 35.6 Å². The first-order chi connectivity index (χ1) is 13.4. The van der Waals surface area contributed by atoms with Crippen molar-refractivity contribution in [2.24, 2.45) is 0 Å². The number of hydrogen-bond donors (Lipinski definition) is 2. The maximum atomic E-state index is 13.5. The molecule has 6 nitrogen and oxygen atoms in total. The van der Waals surface area contributed by atoms with E-state index in [-0.39, 0.29) is 24.2 Å².